The zero-order valence-corrected chi connectivity index (χ0v) is 6.43. The van der Waals surface area contributed by atoms with E-state index in [-0.39, 0.29) is 6.17 Å². The molecular formula is C6H16N4. The number of hydrogen-bond acceptors (Lipinski definition) is 4. The summed E-state index contributed by atoms with van der Waals surface area (Å²) in [5, 5.41) is 2.03. The van der Waals surface area contributed by atoms with E-state index in [0.717, 1.165) is 19.5 Å². The van der Waals surface area contributed by atoms with E-state index >= 15 is 0 Å². The van der Waals surface area contributed by atoms with Crippen molar-refractivity contribution in [2.45, 2.75) is 25.9 Å². The molecule has 4 nitrogen and oxygen atoms in total. The van der Waals surface area contributed by atoms with Crippen molar-refractivity contribution in [3.63, 3.8) is 0 Å². The van der Waals surface area contributed by atoms with Crippen molar-refractivity contribution in [3.05, 3.63) is 0 Å². The van der Waals surface area contributed by atoms with E-state index < -0.39 is 0 Å². The van der Waals surface area contributed by atoms with E-state index in [4.69, 9.17) is 5.73 Å². The van der Waals surface area contributed by atoms with E-state index in [2.05, 4.69) is 17.9 Å². The van der Waals surface area contributed by atoms with E-state index in [1.807, 2.05) is 5.01 Å². The second kappa shape index (κ2) is 3.88. The topological polar surface area (TPSA) is 53.3 Å². The average Bonchev–Trinajstić information content (AvgIpc) is 2.05. The van der Waals surface area contributed by atoms with Crippen molar-refractivity contribution < 1.29 is 0 Å². The molecule has 0 bridgehead atoms. The summed E-state index contributed by atoms with van der Waals surface area (Å²) in [6, 6.07) is 0. The van der Waals surface area contributed by atoms with Gasteiger partial charge in [0.1, 0.15) is 0 Å². The molecule has 4 heteroatoms. The van der Waals surface area contributed by atoms with Gasteiger partial charge < -0.3 is 5.73 Å². The summed E-state index contributed by atoms with van der Waals surface area (Å²) in [4.78, 5) is 0. The maximum atomic E-state index is 5.77. The fourth-order valence-electron chi connectivity index (χ4n) is 1.02. The van der Waals surface area contributed by atoms with Gasteiger partial charge in [-0.25, -0.2) is 10.4 Å². The van der Waals surface area contributed by atoms with Crippen molar-refractivity contribution >= 4 is 0 Å². The van der Waals surface area contributed by atoms with Crippen molar-refractivity contribution in [2.24, 2.45) is 5.73 Å². The smallest absolute Gasteiger partial charge is 0.0718 e. The van der Waals surface area contributed by atoms with Crippen LogP contribution in [0.25, 0.3) is 0 Å². The lowest BCUT2D eigenvalue weighted by Gasteiger charge is -2.32. The number of hydrazine groups is 2. The van der Waals surface area contributed by atoms with Gasteiger partial charge in [-0.15, -0.1) is 0 Å². The molecule has 0 spiro atoms. The Bertz CT molecular complexity index is 89.7. The first-order valence-electron chi connectivity index (χ1n) is 3.85. The summed E-state index contributed by atoms with van der Waals surface area (Å²) in [7, 11) is 0. The number of nitrogens with zero attached hydrogens (tertiary/aromatic N) is 1. The Kier molecular flexibility index (Phi) is 3.08. The molecule has 1 aliphatic heterocycles. The first-order valence-corrected chi connectivity index (χ1v) is 3.85. The van der Waals surface area contributed by atoms with Crippen LogP contribution in [0.4, 0.5) is 0 Å². The molecule has 4 N–H and O–H groups in total. The Morgan fingerprint density at radius 1 is 1.70 bits per heavy atom. The molecule has 1 aliphatic rings. The SMILES string of the molecule is CCC(N)N1CCCNN1. The summed E-state index contributed by atoms with van der Waals surface area (Å²) in [6.07, 6.45) is 2.29. The minimum atomic E-state index is 0.146. The van der Waals surface area contributed by atoms with E-state index in [0.29, 0.717) is 0 Å². The number of rotatable bonds is 2. The van der Waals surface area contributed by atoms with Gasteiger partial charge in [-0.1, -0.05) is 6.92 Å². The van der Waals surface area contributed by atoms with Crippen LogP contribution in [0.2, 0.25) is 0 Å². The third-order valence-corrected chi connectivity index (χ3v) is 1.74. The molecule has 1 saturated heterocycles. The molecule has 1 rings (SSSR count). The summed E-state index contributed by atoms with van der Waals surface area (Å²) >= 11 is 0. The van der Waals surface area contributed by atoms with E-state index in [9.17, 15) is 0 Å². The summed E-state index contributed by atoms with van der Waals surface area (Å²) in [6.45, 7) is 4.16. The van der Waals surface area contributed by atoms with Crippen LogP contribution in [-0.4, -0.2) is 24.3 Å². The summed E-state index contributed by atoms with van der Waals surface area (Å²) in [5.74, 6) is 0. The van der Waals surface area contributed by atoms with Crippen LogP contribution in [0.3, 0.4) is 0 Å². The van der Waals surface area contributed by atoms with Gasteiger partial charge in [-0.2, -0.15) is 5.53 Å². The van der Waals surface area contributed by atoms with Gasteiger partial charge in [-0.05, 0) is 12.8 Å². The van der Waals surface area contributed by atoms with Crippen LogP contribution in [-0.2, 0) is 0 Å². The minimum absolute atomic E-state index is 0.146. The quantitative estimate of drug-likeness (QED) is 0.484. The highest BCUT2D eigenvalue weighted by molar-refractivity contribution is 4.62. The Hall–Kier alpha value is -0.160. The summed E-state index contributed by atoms with van der Waals surface area (Å²) in [5.41, 5.74) is 11.8. The normalized spacial score (nSPS) is 24.6. The van der Waals surface area contributed by atoms with Crippen LogP contribution < -0.4 is 16.7 Å². The minimum Gasteiger partial charge on any atom is -0.315 e. The zero-order chi connectivity index (χ0) is 7.40. The van der Waals surface area contributed by atoms with Crippen molar-refractivity contribution in [2.75, 3.05) is 13.1 Å². The molecule has 1 fully saturated rings. The molecule has 10 heavy (non-hydrogen) atoms. The molecule has 0 saturated carbocycles. The monoisotopic (exact) mass is 144 g/mol. The molecule has 0 aromatic carbocycles. The van der Waals surface area contributed by atoms with E-state index in [1.54, 1.807) is 0 Å². The molecule has 0 aliphatic carbocycles. The second-order valence-electron chi connectivity index (χ2n) is 2.56. The van der Waals surface area contributed by atoms with Crippen LogP contribution in [0.15, 0.2) is 0 Å². The fourth-order valence-corrected chi connectivity index (χ4v) is 1.02. The van der Waals surface area contributed by atoms with Gasteiger partial charge in [0.05, 0.1) is 6.17 Å². The Balaban J connectivity index is 2.24. The maximum Gasteiger partial charge on any atom is 0.0718 e. The lowest BCUT2D eigenvalue weighted by Crippen LogP contribution is -2.59. The van der Waals surface area contributed by atoms with Crippen molar-refractivity contribution in [3.8, 4) is 0 Å². The molecular weight excluding hydrogens is 128 g/mol. The largest absolute Gasteiger partial charge is 0.315 e. The highest BCUT2D eigenvalue weighted by Crippen LogP contribution is 1.97. The van der Waals surface area contributed by atoms with Gasteiger partial charge >= 0.3 is 0 Å². The Morgan fingerprint density at radius 2 is 2.50 bits per heavy atom. The highest BCUT2D eigenvalue weighted by Gasteiger charge is 2.13. The Labute approximate surface area is 61.7 Å². The van der Waals surface area contributed by atoms with Gasteiger partial charge in [-0.3, -0.25) is 0 Å². The fraction of sp³-hybridized carbons (Fsp3) is 1.00. The molecule has 1 unspecified atom stereocenters. The molecule has 60 valence electrons. The highest BCUT2D eigenvalue weighted by atomic mass is 15.7. The molecule has 1 atom stereocenters. The molecule has 0 aromatic heterocycles. The predicted octanol–water partition coefficient (Wildman–Crippen LogP) is -0.604. The molecule has 0 aromatic rings. The third-order valence-electron chi connectivity index (χ3n) is 1.74. The predicted molar refractivity (Wildman–Crippen MR) is 40.7 cm³/mol. The lowest BCUT2D eigenvalue weighted by atomic mass is 10.3. The number of nitrogens with one attached hydrogen (secondary N) is 2. The van der Waals surface area contributed by atoms with Gasteiger partial charge in [0.25, 0.3) is 0 Å². The molecule has 1 heterocycles. The average molecular weight is 144 g/mol. The molecule has 0 amide bonds. The Morgan fingerprint density at radius 3 is 3.00 bits per heavy atom. The first-order chi connectivity index (χ1) is 4.84. The molecule has 0 radical (unpaired) electrons. The van der Waals surface area contributed by atoms with Gasteiger partial charge in [0.2, 0.25) is 0 Å². The van der Waals surface area contributed by atoms with Crippen LogP contribution >= 0.6 is 0 Å². The van der Waals surface area contributed by atoms with E-state index in [1.165, 1.54) is 6.42 Å². The van der Waals surface area contributed by atoms with Gasteiger partial charge in [0, 0.05) is 13.1 Å². The first kappa shape index (κ1) is 7.94. The van der Waals surface area contributed by atoms with Crippen LogP contribution in [0.5, 0.6) is 0 Å². The maximum absolute atomic E-state index is 5.77. The zero-order valence-electron chi connectivity index (χ0n) is 6.43. The summed E-state index contributed by atoms with van der Waals surface area (Å²) < 4.78 is 0. The number of hydrogen-bond donors (Lipinski definition) is 3. The van der Waals surface area contributed by atoms with Crippen LogP contribution in [0.1, 0.15) is 19.8 Å². The van der Waals surface area contributed by atoms with Crippen molar-refractivity contribution in [1.82, 2.24) is 16.0 Å². The van der Waals surface area contributed by atoms with Crippen molar-refractivity contribution in [1.29, 1.82) is 0 Å². The standard InChI is InChI=1S/C6H16N4/c1-2-6(7)10-5-3-4-8-9-10/h6,8-9H,2-5,7H2,1H3. The van der Waals surface area contributed by atoms with Gasteiger partial charge in [0.15, 0.2) is 0 Å². The number of nitrogens with two attached hydrogens (primary N) is 1. The lowest BCUT2D eigenvalue weighted by molar-refractivity contribution is 0.0668. The van der Waals surface area contributed by atoms with Crippen LogP contribution in [0, 0.1) is 0 Å². The second-order valence-corrected chi connectivity index (χ2v) is 2.56. The third kappa shape index (κ3) is 1.91.